The van der Waals surface area contributed by atoms with Crippen molar-refractivity contribution < 1.29 is 14.3 Å². The van der Waals surface area contributed by atoms with Crippen LogP contribution in [-0.4, -0.2) is 19.4 Å². The van der Waals surface area contributed by atoms with E-state index in [0.29, 0.717) is 0 Å². The number of carbonyl (C=O) groups is 1. The van der Waals surface area contributed by atoms with Crippen LogP contribution in [0.1, 0.15) is 6.92 Å². The van der Waals surface area contributed by atoms with Crippen molar-refractivity contribution in [3.05, 3.63) is 24.8 Å². The normalized spacial score (nSPS) is 12.5. The van der Waals surface area contributed by atoms with Gasteiger partial charge in [-0.25, -0.2) is 4.79 Å². The van der Waals surface area contributed by atoms with Crippen LogP contribution < -0.4 is 0 Å². The topological polar surface area (TPSA) is 35.5 Å². The van der Waals surface area contributed by atoms with E-state index >= 15 is 0 Å². The molecule has 0 radical (unpaired) electrons. The van der Waals surface area contributed by atoms with Gasteiger partial charge in [-0.1, -0.05) is 12.7 Å². The highest BCUT2D eigenvalue weighted by molar-refractivity contribution is 5.60. The second kappa shape index (κ2) is 5.53. The lowest BCUT2D eigenvalue weighted by Crippen LogP contribution is -2.13. The first-order valence-electron chi connectivity index (χ1n) is 3.24. The van der Waals surface area contributed by atoms with Crippen molar-refractivity contribution in [1.82, 2.24) is 0 Å². The first kappa shape index (κ1) is 9.75. The highest BCUT2D eigenvalue weighted by Crippen LogP contribution is 1.97. The van der Waals surface area contributed by atoms with Crippen molar-refractivity contribution in [3.63, 3.8) is 0 Å². The quantitative estimate of drug-likeness (QED) is 0.462. The summed E-state index contributed by atoms with van der Waals surface area (Å²) in [4.78, 5) is 10.5. The molecule has 3 heteroatoms. The van der Waals surface area contributed by atoms with Crippen molar-refractivity contribution in [3.8, 4) is 0 Å². The van der Waals surface area contributed by atoms with Crippen LogP contribution in [0.15, 0.2) is 24.8 Å². The Morgan fingerprint density at radius 2 is 2.27 bits per heavy atom. The smallest absolute Gasteiger partial charge is 0.438 e. The maximum atomic E-state index is 10.5. The molecular weight excluding hydrogens is 144 g/mol. The summed E-state index contributed by atoms with van der Waals surface area (Å²) in [5.74, 6) is 0. The standard InChI is InChI=1S/C8H12O3/c1-4-6-7(5-2)11-8(9)10-3/h4-7H,2H2,1,3H3/b6-4+. The maximum absolute atomic E-state index is 10.5. The van der Waals surface area contributed by atoms with Gasteiger partial charge in [0.25, 0.3) is 0 Å². The highest BCUT2D eigenvalue weighted by atomic mass is 16.7. The Kier molecular flexibility index (Phi) is 4.90. The molecule has 11 heavy (non-hydrogen) atoms. The van der Waals surface area contributed by atoms with Gasteiger partial charge >= 0.3 is 6.16 Å². The molecule has 3 nitrogen and oxygen atoms in total. The molecular formula is C8H12O3. The van der Waals surface area contributed by atoms with Crippen LogP contribution in [0.5, 0.6) is 0 Å². The van der Waals surface area contributed by atoms with E-state index in [2.05, 4.69) is 11.3 Å². The van der Waals surface area contributed by atoms with Gasteiger partial charge in [0, 0.05) is 0 Å². The summed E-state index contributed by atoms with van der Waals surface area (Å²) in [6.45, 7) is 5.31. The molecule has 0 aliphatic carbocycles. The van der Waals surface area contributed by atoms with Gasteiger partial charge < -0.3 is 9.47 Å². The Labute approximate surface area is 66.3 Å². The molecule has 0 aromatic carbocycles. The van der Waals surface area contributed by atoms with E-state index in [1.165, 1.54) is 13.2 Å². The predicted molar refractivity (Wildman–Crippen MR) is 42.3 cm³/mol. The molecule has 0 spiro atoms. The van der Waals surface area contributed by atoms with Crippen LogP contribution in [0.2, 0.25) is 0 Å². The number of ether oxygens (including phenoxy) is 2. The summed E-state index contributed by atoms with van der Waals surface area (Å²) in [6.07, 6.45) is 3.89. The van der Waals surface area contributed by atoms with E-state index in [9.17, 15) is 4.79 Å². The Balaban J connectivity index is 3.87. The molecule has 0 aromatic rings. The second-order valence-electron chi connectivity index (χ2n) is 1.80. The van der Waals surface area contributed by atoms with Crippen molar-refractivity contribution in [2.75, 3.05) is 7.11 Å². The fraction of sp³-hybridized carbons (Fsp3) is 0.375. The lowest BCUT2D eigenvalue weighted by molar-refractivity contribution is 0.0651. The number of carbonyl (C=O) groups excluding carboxylic acids is 1. The number of hydrogen-bond donors (Lipinski definition) is 0. The molecule has 0 heterocycles. The van der Waals surface area contributed by atoms with Crippen LogP contribution in [0, 0.1) is 0 Å². The van der Waals surface area contributed by atoms with Gasteiger partial charge in [0.2, 0.25) is 0 Å². The zero-order valence-corrected chi connectivity index (χ0v) is 6.74. The SMILES string of the molecule is C=CC(/C=C/C)OC(=O)OC. The fourth-order valence-corrected chi connectivity index (χ4v) is 0.515. The lowest BCUT2D eigenvalue weighted by Gasteiger charge is -2.07. The molecule has 1 atom stereocenters. The third-order valence-electron chi connectivity index (χ3n) is 1.01. The predicted octanol–water partition coefficient (Wildman–Crippen LogP) is 1.90. The number of rotatable bonds is 3. The van der Waals surface area contributed by atoms with Crippen molar-refractivity contribution in [1.29, 1.82) is 0 Å². The van der Waals surface area contributed by atoms with E-state index in [0.717, 1.165) is 0 Å². The molecule has 0 rings (SSSR count). The van der Waals surface area contributed by atoms with E-state index in [1.54, 1.807) is 12.2 Å². The monoisotopic (exact) mass is 156 g/mol. The van der Waals surface area contributed by atoms with E-state index in [4.69, 9.17) is 4.74 Å². The molecule has 62 valence electrons. The Morgan fingerprint density at radius 1 is 1.64 bits per heavy atom. The zero-order valence-electron chi connectivity index (χ0n) is 6.74. The fourth-order valence-electron chi connectivity index (χ4n) is 0.515. The number of methoxy groups -OCH3 is 1. The van der Waals surface area contributed by atoms with Gasteiger partial charge in [-0.15, -0.1) is 0 Å². The van der Waals surface area contributed by atoms with Crippen LogP contribution in [-0.2, 0) is 9.47 Å². The third-order valence-corrected chi connectivity index (χ3v) is 1.01. The molecule has 1 unspecified atom stereocenters. The van der Waals surface area contributed by atoms with Gasteiger partial charge in [-0.05, 0) is 19.1 Å². The molecule has 0 fully saturated rings. The molecule has 0 aliphatic rings. The average Bonchev–Trinajstić information content (AvgIpc) is 2.03. The largest absolute Gasteiger partial charge is 0.508 e. The first-order valence-corrected chi connectivity index (χ1v) is 3.24. The molecule has 0 saturated carbocycles. The van der Waals surface area contributed by atoms with Gasteiger partial charge in [-0.2, -0.15) is 0 Å². The van der Waals surface area contributed by atoms with Crippen molar-refractivity contribution in [2.24, 2.45) is 0 Å². The Hall–Kier alpha value is -1.25. The number of allylic oxidation sites excluding steroid dienone is 1. The summed E-state index contributed by atoms with van der Waals surface area (Å²) in [7, 11) is 1.26. The summed E-state index contributed by atoms with van der Waals surface area (Å²) in [6, 6.07) is 0. The van der Waals surface area contributed by atoms with E-state index in [-0.39, 0.29) is 0 Å². The van der Waals surface area contributed by atoms with Crippen LogP contribution >= 0.6 is 0 Å². The molecule has 0 N–H and O–H groups in total. The minimum atomic E-state index is -0.701. The molecule has 0 aromatic heterocycles. The molecule has 0 aliphatic heterocycles. The van der Waals surface area contributed by atoms with Crippen molar-refractivity contribution in [2.45, 2.75) is 13.0 Å². The van der Waals surface area contributed by atoms with Crippen molar-refractivity contribution >= 4 is 6.16 Å². The lowest BCUT2D eigenvalue weighted by atomic mass is 10.3. The summed E-state index contributed by atoms with van der Waals surface area (Å²) in [5.41, 5.74) is 0. The Bertz CT molecular complexity index is 161. The van der Waals surface area contributed by atoms with Crippen LogP contribution in [0.25, 0.3) is 0 Å². The minimum absolute atomic E-state index is 0.396. The zero-order chi connectivity index (χ0) is 8.69. The van der Waals surface area contributed by atoms with Crippen LogP contribution in [0.3, 0.4) is 0 Å². The van der Waals surface area contributed by atoms with Gasteiger partial charge in [0.1, 0.15) is 6.10 Å². The number of hydrogen-bond acceptors (Lipinski definition) is 3. The molecule has 0 bridgehead atoms. The summed E-state index contributed by atoms with van der Waals surface area (Å²) >= 11 is 0. The molecule has 0 saturated heterocycles. The molecule has 0 amide bonds. The highest BCUT2D eigenvalue weighted by Gasteiger charge is 2.05. The first-order chi connectivity index (χ1) is 5.24. The summed E-state index contributed by atoms with van der Waals surface area (Å²) in [5, 5.41) is 0. The average molecular weight is 156 g/mol. The van der Waals surface area contributed by atoms with Crippen LogP contribution in [0.4, 0.5) is 4.79 Å². The van der Waals surface area contributed by atoms with Gasteiger partial charge in [0.15, 0.2) is 0 Å². The van der Waals surface area contributed by atoms with E-state index in [1.807, 2.05) is 6.92 Å². The third kappa shape index (κ3) is 4.19. The van der Waals surface area contributed by atoms with E-state index < -0.39 is 12.3 Å². The van der Waals surface area contributed by atoms with Gasteiger partial charge in [-0.3, -0.25) is 0 Å². The Morgan fingerprint density at radius 3 is 2.64 bits per heavy atom. The second-order valence-corrected chi connectivity index (χ2v) is 1.80. The summed E-state index contributed by atoms with van der Waals surface area (Å²) < 4.78 is 9.01. The maximum Gasteiger partial charge on any atom is 0.508 e. The van der Waals surface area contributed by atoms with Gasteiger partial charge in [0.05, 0.1) is 7.11 Å². The minimum Gasteiger partial charge on any atom is -0.438 e.